The fourth-order valence-electron chi connectivity index (χ4n) is 2.55. The van der Waals surface area contributed by atoms with E-state index in [0.29, 0.717) is 23.0 Å². The molecule has 0 unspecified atom stereocenters. The molecule has 0 aliphatic carbocycles. The highest BCUT2D eigenvalue weighted by Gasteiger charge is 2.12. The molecule has 1 heterocycles. The molecule has 3 rings (SSSR count). The maximum atomic E-state index is 12.1. The minimum Gasteiger partial charge on any atom is -0.421 e. The molecule has 0 aliphatic rings. The van der Waals surface area contributed by atoms with E-state index in [2.05, 4.69) is 32.9 Å². The lowest BCUT2D eigenvalue weighted by molar-refractivity contribution is -0.121. The van der Waals surface area contributed by atoms with Crippen LogP contribution in [0.5, 0.6) is 0 Å². The number of carbonyl (C=O) groups is 3. The Morgan fingerprint density at radius 1 is 1.00 bits per heavy atom. The number of aryl methyl sites for hydroxylation is 2. The molecule has 0 bridgehead atoms. The quantitative estimate of drug-likeness (QED) is 0.399. The first-order chi connectivity index (χ1) is 14.9. The Labute approximate surface area is 178 Å². The molecular weight excluding hydrogens is 398 g/mol. The van der Waals surface area contributed by atoms with E-state index < -0.39 is 11.8 Å². The third-order valence-electron chi connectivity index (χ3n) is 4.25. The minimum absolute atomic E-state index is 0.0579. The van der Waals surface area contributed by atoms with Crippen LogP contribution in [0.3, 0.4) is 0 Å². The molecule has 3 aromatic rings. The van der Waals surface area contributed by atoms with Crippen molar-refractivity contribution in [3.8, 4) is 11.5 Å². The van der Waals surface area contributed by atoms with E-state index >= 15 is 0 Å². The van der Waals surface area contributed by atoms with Crippen LogP contribution in [0.4, 0.5) is 5.69 Å². The summed E-state index contributed by atoms with van der Waals surface area (Å²) in [4.78, 5) is 35.4. The monoisotopic (exact) mass is 419 g/mol. The first kappa shape index (κ1) is 21.4. The highest BCUT2D eigenvalue weighted by molar-refractivity contribution is 6.00. The zero-order chi connectivity index (χ0) is 22.2. The molecule has 3 N–H and O–H groups in total. The number of hydrogen-bond acceptors (Lipinski definition) is 6. The van der Waals surface area contributed by atoms with Gasteiger partial charge in [0, 0.05) is 29.7 Å². The topological polar surface area (TPSA) is 126 Å². The lowest BCUT2D eigenvalue weighted by Gasteiger charge is -2.08. The minimum atomic E-state index is -0.491. The van der Waals surface area contributed by atoms with Crippen molar-refractivity contribution in [2.24, 2.45) is 0 Å². The summed E-state index contributed by atoms with van der Waals surface area (Å²) >= 11 is 0. The number of aromatic nitrogens is 2. The Bertz CT molecular complexity index is 1090. The summed E-state index contributed by atoms with van der Waals surface area (Å²) in [6, 6.07) is 13.8. The molecule has 31 heavy (non-hydrogen) atoms. The van der Waals surface area contributed by atoms with Gasteiger partial charge in [-0.3, -0.25) is 25.2 Å². The van der Waals surface area contributed by atoms with E-state index in [4.69, 9.17) is 4.42 Å². The van der Waals surface area contributed by atoms with Crippen LogP contribution < -0.4 is 16.2 Å². The smallest absolute Gasteiger partial charge is 0.269 e. The van der Waals surface area contributed by atoms with Gasteiger partial charge >= 0.3 is 0 Å². The molecule has 1 aromatic heterocycles. The predicted molar refractivity (Wildman–Crippen MR) is 114 cm³/mol. The van der Waals surface area contributed by atoms with Gasteiger partial charge in [-0.15, -0.1) is 10.2 Å². The molecule has 158 valence electrons. The van der Waals surface area contributed by atoms with Crippen LogP contribution in [-0.4, -0.2) is 27.9 Å². The second kappa shape index (κ2) is 9.97. The average molecular weight is 419 g/mol. The number of rotatable bonds is 7. The van der Waals surface area contributed by atoms with Gasteiger partial charge in [0.25, 0.3) is 5.91 Å². The normalized spacial score (nSPS) is 10.2. The summed E-state index contributed by atoms with van der Waals surface area (Å²) in [6.45, 7) is 5.35. The number of nitrogens with one attached hydrogen (secondary N) is 3. The Morgan fingerprint density at radius 3 is 2.39 bits per heavy atom. The van der Waals surface area contributed by atoms with E-state index in [9.17, 15) is 14.4 Å². The molecule has 3 amide bonds. The second-order valence-electron chi connectivity index (χ2n) is 6.64. The summed E-state index contributed by atoms with van der Waals surface area (Å²) in [7, 11) is 0. The third-order valence-corrected chi connectivity index (χ3v) is 4.25. The summed E-state index contributed by atoms with van der Waals surface area (Å²) in [5, 5.41) is 10.5. The number of nitrogens with zero attached hydrogens (tertiary/aromatic N) is 2. The van der Waals surface area contributed by atoms with Gasteiger partial charge in [0.2, 0.25) is 23.6 Å². The second-order valence-corrected chi connectivity index (χ2v) is 6.64. The van der Waals surface area contributed by atoms with Crippen LogP contribution in [0, 0.1) is 6.92 Å². The van der Waals surface area contributed by atoms with Crippen LogP contribution in [0.1, 0.15) is 28.2 Å². The number of amides is 3. The van der Waals surface area contributed by atoms with Crippen molar-refractivity contribution in [2.75, 3.05) is 5.32 Å². The van der Waals surface area contributed by atoms with E-state index in [-0.39, 0.29) is 18.7 Å². The average Bonchev–Trinajstić information content (AvgIpc) is 3.26. The Balaban J connectivity index is 1.45. The molecule has 0 atom stereocenters. The summed E-state index contributed by atoms with van der Waals surface area (Å²) in [5.74, 6) is -0.532. The number of benzene rings is 2. The van der Waals surface area contributed by atoms with Crippen molar-refractivity contribution in [3.63, 3.8) is 0 Å². The lowest BCUT2D eigenvalue weighted by Crippen LogP contribution is -2.41. The summed E-state index contributed by atoms with van der Waals surface area (Å²) in [5.41, 5.74) is 7.44. The van der Waals surface area contributed by atoms with E-state index in [1.54, 1.807) is 12.1 Å². The van der Waals surface area contributed by atoms with Crippen molar-refractivity contribution < 1.29 is 18.8 Å². The zero-order valence-corrected chi connectivity index (χ0v) is 16.8. The largest absolute Gasteiger partial charge is 0.421 e. The van der Waals surface area contributed by atoms with Gasteiger partial charge in [0.15, 0.2) is 0 Å². The molecule has 0 aliphatic heterocycles. The first-order valence-corrected chi connectivity index (χ1v) is 9.46. The number of carbonyl (C=O) groups excluding carboxylic acids is 3. The SMILES string of the molecule is C=CC(=O)Nc1ccc(C(=O)NNC(=O)CCc2nnc(-c3ccc(C)cc3)o2)cc1. The molecule has 0 radical (unpaired) electrons. The van der Waals surface area contributed by atoms with Crippen molar-refractivity contribution in [1.29, 1.82) is 0 Å². The Kier molecular flexibility index (Phi) is 6.89. The molecule has 0 fully saturated rings. The first-order valence-electron chi connectivity index (χ1n) is 9.46. The molecule has 0 spiro atoms. The lowest BCUT2D eigenvalue weighted by atomic mass is 10.1. The van der Waals surface area contributed by atoms with Crippen molar-refractivity contribution in [3.05, 3.63) is 78.2 Å². The number of anilines is 1. The zero-order valence-electron chi connectivity index (χ0n) is 16.8. The number of hydrazine groups is 1. The summed E-state index contributed by atoms with van der Waals surface area (Å²) < 4.78 is 5.58. The highest BCUT2D eigenvalue weighted by atomic mass is 16.4. The Hall–Kier alpha value is -4.27. The fourth-order valence-corrected chi connectivity index (χ4v) is 2.55. The third kappa shape index (κ3) is 6.10. The van der Waals surface area contributed by atoms with Crippen LogP contribution >= 0.6 is 0 Å². The van der Waals surface area contributed by atoms with Crippen LogP contribution in [-0.2, 0) is 16.0 Å². The maximum Gasteiger partial charge on any atom is 0.269 e. The highest BCUT2D eigenvalue weighted by Crippen LogP contribution is 2.18. The maximum absolute atomic E-state index is 12.1. The fraction of sp³-hybridized carbons (Fsp3) is 0.136. The van der Waals surface area contributed by atoms with Crippen molar-refractivity contribution >= 4 is 23.4 Å². The van der Waals surface area contributed by atoms with Gasteiger partial charge in [-0.2, -0.15) is 0 Å². The van der Waals surface area contributed by atoms with Gasteiger partial charge in [-0.1, -0.05) is 24.3 Å². The van der Waals surface area contributed by atoms with Crippen LogP contribution in [0.25, 0.3) is 11.5 Å². The standard InChI is InChI=1S/C22H21N5O4/c1-3-18(28)23-17-10-8-15(9-11-17)21(30)26-24-19(29)12-13-20-25-27-22(31-20)16-6-4-14(2)5-7-16/h3-11H,1,12-13H2,2H3,(H,23,28)(H,24,29)(H,26,30). The van der Waals surface area contributed by atoms with E-state index in [1.165, 1.54) is 12.1 Å². The van der Waals surface area contributed by atoms with Crippen LogP contribution in [0.15, 0.2) is 65.6 Å². The molecule has 9 heteroatoms. The Morgan fingerprint density at radius 2 is 1.71 bits per heavy atom. The van der Waals surface area contributed by atoms with Gasteiger partial charge in [0.05, 0.1) is 0 Å². The summed E-state index contributed by atoms with van der Waals surface area (Å²) in [6.07, 6.45) is 1.44. The van der Waals surface area contributed by atoms with Gasteiger partial charge in [-0.05, 0) is 49.4 Å². The van der Waals surface area contributed by atoms with Crippen molar-refractivity contribution in [2.45, 2.75) is 19.8 Å². The van der Waals surface area contributed by atoms with Gasteiger partial charge < -0.3 is 9.73 Å². The van der Waals surface area contributed by atoms with E-state index in [0.717, 1.165) is 17.2 Å². The van der Waals surface area contributed by atoms with Crippen LogP contribution in [0.2, 0.25) is 0 Å². The van der Waals surface area contributed by atoms with E-state index in [1.807, 2.05) is 31.2 Å². The molecule has 9 nitrogen and oxygen atoms in total. The molecule has 2 aromatic carbocycles. The molecule has 0 saturated heterocycles. The van der Waals surface area contributed by atoms with Crippen molar-refractivity contribution in [1.82, 2.24) is 21.0 Å². The number of hydrogen-bond donors (Lipinski definition) is 3. The van der Waals surface area contributed by atoms with Gasteiger partial charge in [-0.25, -0.2) is 0 Å². The van der Waals surface area contributed by atoms with Gasteiger partial charge in [0.1, 0.15) is 0 Å². The predicted octanol–water partition coefficient (Wildman–Crippen LogP) is 2.56. The molecule has 0 saturated carbocycles. The molecular formula is C22H21N5O4.